The Hall–Kier alpha value is -2.33. The molecule has 0 aliphatic rings. The second-order valence-corrected chi connectivity index (χ2v) is 5.47. The number of hydrogen-bond donors (Lipinski definition) is 2. The van der Waals surface area contributed by atoms with Crippen LogP contribution < -0.4 is 10.6 Å². The van der Waals surface area contributed by atoms with Gasteiger partial charge in [-0.2, -0.15) is 0 Å². The van der Waals surface area contributed by atoms with Crippen LogP contribution in [0.3, 0.4) is 0 Å². The standard InChI is InChI=1S/C17H17ClN2O2/c1-11-8-12(2)15(14(18)9-11)20-17(22)16(21)19-10-13-6-4-3-5-7-13/h3-9H,10H2,1-2H3,(H,19,21)(H,20,22). The van der Waals surface area contributed by atoms with Crippen molar-refractivity contribution in [2.45, 2.75) is 20.4 Å². The van der Waals surface area contributed by atoms with Crippen molar-refractivity contribution in [1.82, 2.24) is 5.32 Å². The summed E-state index contributed by atoms with van der Waals surface area (Å²) in [6.45, 7) is 4.04. The smallest absolute Gasteiger partial charge is 0.313 e. The quantitative estimate of drug-likeness (QED) is 0.854. The number of aryl methyl sites for hydroxylation is 2. The summed E-state index contributed by atoms with van der Waals surface area (Å²) in [6.07, 6.45) is 0. The summed E-state index contributed by atoms with van der Waals surface area (Å²) in [6, 6.07) is 13.0. The second kappa shape index (κ2) is 7.09. The predicted molar refractivity (Wildman–Crippen MR) is 87.8 cm³/mol. The van der Waals surface area contributed by atoms with Crippen LogP contribution in [0.25, 0.3) is 0 Å². The maximum atomic E-state index is 11.9. The molecule has 0 atom stereocenters. The Morgan fingerprint density at radius 2 is 1.73 bits per heavy atom. The van der Waals surface area contributed by atoms with Crippen molar-refractivity contribution >= 4 is 29.1 Å². The van der Waals surface area contributed by atoms with Crippen molar-refractivity contribution in [3.8, 4) is 0 Å². The third kappa shape index (κ3) is 4.09. The molecule has 2 amide bonds. The van der Waals surface area contributed by atoms with E-state index >= 15 is 0 Å². The zero-order chi connectivity index (χ0) is 16.1. The number of nitrogens with one attached hydrogen (secondary N) is 2. The van der Waals surface area contributed by atoms with Gasteiger partial charge in [0.1, 0.15) is 0 Å². The largest absolute Gasteiger partial charge is 0.344 e. The summed E-state index contributed by atoms with van der Waals surface area (Å²) < 4.78 is 0. The highest BCUT2D eigenvalue weighted by Crippen LogP contribution is 2.27. The molecule has 0 radical (unpaired) electrons. The molecule has 2 N–H and O–H groups in total. The fourth-order valence-electron chi connectivity index (χ4n) is 2.10. The first-order valence-corrected chi connectivity index (χ1v) is 7.25. The van der Waals surface area contributed by atoms with Crippen LogP contribution in [0.2, 0.25) is 5.02 Å². The third-order valence-corrected chi connectivity index (χ3v) is 3.47. The van der Waals surface area contributed by atoms with Gasteiger partial charge in [-0.25, -0.2) is 0 Å². The molecule has 2 aromatic rings. The van der Waals surface area contributed by atoms with Crippen LogP contribution in [0.1, 0.15) is 16.7 Å². The van der Waals surface area contributed by atoms with Gasteiger partial charge in [-0.15, -0.1) is 0 Å². The van der Waals surface area contributed by atoms with E-state index in [4.69, 9.17) is 11.6 Å². The minimum atomic E-state index is -0.732. The maximum absolute atomic E-state index is 11.9. The van der Waals surface area contributed by atoms with Crippen LogP contribution >= 0.6 is 11.6 Å². The number of halogens is 1. The normalized spacial score (nSPS) is 10.1. The molecular formula is C17H17ClN2O2. The molecule has 2 aromatic carbocycles. The molecule has 4 nitrogen and oxygen atoms in total. The van der Waals surface area contributed by atoms with Crippen LogP contribution in [0.15, 0.2) is 42.5 Å². The molecule has 5 heteroatoms. The molecule has 0 aliphatic heterocycles. The van der Waals surface area contributed by atoms with E-state index in [0.717, 1.165) is 16.7 Å². The van der Waals surface area contributed by atoms with Crippen LogP contribution in [0.5, 0.6) is 0 Å². The third-order valence-electron chi connectivity index (χ3n) is 3.17. The van der Waals surface area contributed by atoms with Gasteiger partial charge < -0.3 is 10.6 Å². The Morgan fingerprint density at radius 3 is 2.36 bits per heavy atom. The number of amides is 2. The maximum Gasteiger partial charge on any atom is 0.313 e. The molecule has 0 saturated heterocycles. The molecule has 22 heavy (non-hydrogen) atoms. The van der Waals surface area contributed by atoms with Crippen molar-refractivity contribution in [3.05, 3.63) is 64.2 Å². The average molecular weight is 317 g/mol. The molecule has 0 unspecified atom stereocenters. The minimum absolute atomic E-state index is 0.299. The first-order chi connectivity index (χ1) is 10.5. The van der Waals surface area contributed by atoms with Gasteiger partial charge in [0, 0.05) is 6.54 Å². The van der Waals surface area contributed by atoms with Crippen molar-refractivity contribution < 1.29 is 9.59 Å². The summed E-state index contributed by atoms with van der Waals surface area (Å²) in [5.41, 5.74) is 3.20. The van der Waals surface area contributed by atoms with Gasteiger partial charge in [-0.1, -0.05) is 48.0 Å². The van der Waals surface area contributed by atoms with E-state index in [9.17, 15) is 9.59 Å². The first-order valence-electron chi connectivity index (χ1n) is 6.87. The number of hydrogen-bond acceptors (Lipinski definition) is 2. The Bertz CT molecular complexity index is 676. The monoisotopic (exact) mass is 316 g/mol. The lowest BCUT2D eigenvalue weighted by molar-refractivity contribution is -0.136. The minimum Gasteiger partial charge on any atom is -0.344 e. The molecule has 0 fully saturated rings. The fourth-order valence-corrected chi connectivity index (χ4v) is 2.47. The van der Waals surface area contributed by atoms with Gasteiger partial charge in [-0.05, 0) is 36.6 Å². The summed E-state index contributed by atoms with van der Waals surface area (Å²) in [4.78, 5) is 23.8. The average Bonchev–Trinajstić information content (AvgIpc) is 2.49. The first kappa shape index (κ1) is 16.0. The predicted octanol–water partition coefficient (Wildman–Crippen LogP) is 3.21. The molecular weight excluding hydrogens is 300 g/mol. The van der Waals surface area contributed by atoms with Crippen LogP contribution in [-0.2, 0) is 16.1 Å². The lowest BCUT2D eigenvalue weighted by atomic mass is 10.1. The Balaban J connectivity index is 1.99. The topological polar surface area (TPSA) is 58.2 Å². The van der Waals surface area contributed by atoms with Crippen molar-refractivity contribution in [2.75, 3.05) is 5.32 Å². The van der Waals surface area contributed by atoms with Crippen LogP contribution in [0.4, 0.5) is 5.69 Å². The molecule has 0 bridgehead atoms. The molecule has 0 aliphatic carbocycles. The number of carbonyl (C=O) groups excluding carboxylic acids is 2. The van der Waals surface area contributed by atoms with E-state index in [1.807, 2.05) is 50.2 Å². The van der Waals surface area contributed by atoms with Gasteiger partial charge in [0.05, 0.1) is 10.7 Å². The highest BCUT2D eigenvalue weighted by Gasteiger charge is 2.16. The van der Waals surface area contributed by atoms with Gasteiger partial charge in [0.2, 0.25) is 0 Å². The van der Waals surface area contributed by atoms with Crippen LogP contribution in [-0.4, -0.2) is 11.8 Å². The van der Waals surface area contributed by atoms with Gasteiger partial charge in [0.15, 0.2) is 0 Å². The Kier molecular flexibility index (Phi) is 5.17. The van der Waals surface area contributed by atoms with E-state index < -0.39 is 11.8 Å². The van der Waals surface area contributed by atoms with Gasteiger partial charge in [0.25, 0.3) is 0 Å². The van der Waals surface area contributed by atoms with E-state index in [1.54, 1.807) is 6.07 Å². The van der Waals surface area contributed by atoms with Crippen LogP contribution in [0, 0.1) is 13.8 Å². The zero-order valence-corrected chi connectivity index (χ0v) is 13.2. The number of benzene rings is 2. The number of rotatable bonds is 3. The molecule has 114 valence electrons. The number of anilines is 1. The highest BCUT2D eigenvalue weighted by atomic mass is 35.5. The molecule has 0 aromatic heterocycles. The summed E-state index contributed by atoms with van der Waals surface area (Å²) in [5.74, 6) is -1.43. The summed E-state index contributed by atoms with van der Waals surface area (Å²) in [7, 11) is 0. The molecule has 2 rings (SSSR count). The van der Waals surface area contributed by atoms with Gasteiger partial charge in [-0.3, -0.25) is 9.59 Å². The Labute approximate surface area is 134 Å². The second-order valence-electron chi connectivity index (χ2n) is 5.06. The van der Waals surface area contributed by atoms with E-state index in [0.29, 0.717) is 17.3 Å². The number of carbonyl (C=O) groups is 2. The fraction of sp³-hybridized carbons (Fsp3) is 0.176. The summed E-state index contributed by atoms with van der Waals surface area (Å²) >= 11 is 6.11. The highest BCUT2D eigenvalue weighted by molar-refractivity contribution is 6.41. The Morgan fingerprint density at radius 1 is 1.05 bits per heavy atom. The molecule has 0 heterocycles. The lowest BCUT2D eigenvalue weighted by Crippen LogP contribution is -2.35. The lowest BCUT2D eigenvalue weighted by Gasteiger charge is -2.11. The van der Waals surface area contributed by atoms with E-state index in [2.05, 4.69) is 10.6 Å². The van der Waals surface area contributed by atoms with Gasteiger partial charge >= 0.3 is 11.8 Å². The van der Waals surface area contributed by atoms with Crippen molar-refractivity contribution in [2.24, 2.45) is 0 Å². The van der Waals surface area contributed by atoms with E-state index in [-0.39, 0.29) is 0 Å². The van der Waals surface area contributed by atoms with E-state index in [1.165, 1.54) is 0 Å². The zero-order valence-electron chi connectivity index (χ0n) is 12.4. The van der Waals surface area contributed by atoms with Crippen molar-refractivity contribution in [3.63, 3.8) is 0 Å². The molecule has 0 spiro atoms. The SMILES string of the molecule is Cc1cc(C)c(NC(=O)C(=O)NCc2ccccc2)c(Cl)c1. The van der Waals surface area contributed by atoms with Crippen molar-refractivity contribution in [1.29, 1.82) is 0 Å². The molecule has 0 saturated carbocycles. The summed E-state index contributed by atoms with van der Waals surface area (Å²) in [5, 5.41) is 5.55.